The number of pyridine rings is 2. The first kappa shape index (κ1) is 21.7. The van der Waals surface area contributed by atoms with E-state index < -0.39 is 0 Å². The van der Waals surface area contributed by atoms with Crippen LogP contribution in [-0.2, 0) is 4.74 Å². The number of ether oxygens (including phenoxy) is 1. The third-order valence-electron chi connectivity index (χ3n) is 5.52. The summed E-state index contributed by atoms with van der Waals surface area (Å²) in [6, 6.07) is 5.35. The van der Waals surface area contributed by atoms with Gasteiger partial charge in [-0.15, -0.1) is 0 Å². The Kier molecular flexibility index (Phi) is 7.16. The molecule has 3 N–H and O–H groups in total. The van der Waals surface area contributed by atoms with Crippen molar-refractivity contribution in [2.75, 3.05) is 43.5 Å². The first-order valence-electron chi connectivity index (χ1n) is 10.8. The van der Waals surface area contributed by atoms with Gasteiger partial charge in [0.2, 0.25) is 5.56 Å². The van der Waals surface area contributed by atoms with Crippen LogP contribution in [0.4, 0.5) is 16.8 Å². The van der Waals surface area contributed by atoms with Crippen LogP contribution in [0.25, 0.3) is 10.2 Å². The lowest BCUT2D eigenvalue weighted by Gasteiger charge is -2.30. The number of aromatic amines is 1. The Hall–Kier alpha value is -2.49. The average molecular weight is 443 g/mol. The zero-order valence-corrected chi connectivity index (χ0v) is 18.9. The second-order valence-corrected chi connectivity index (χ2v) is 8.98. The van der Waals surface area contributed by atoms with Crippen molar-refractivity contribution < 1.29 is 4.74 Å². The Bertz CT molecular complexity index is 1050. The van der Waals surface area contributed by atoms with Gasteiger partial charge in [-0.25, -0.2) is 9.97 Å². The maximum Gasteiger partial charge on any atom is 0.249 e. The molecule has 3 aromatic heterocycles. The molecule has 0 aliphatic carbocycles. The van der Waals surface area contributed by atoms with Crippen molar-refractivity contribution in [2.45, 2.75) is 38.7 Å². The number of aromatic nitrogens is 3. The van der Waals surface area contributed by atoms with E-state index in [9.17, 15) is 4.79 Å². The van der Waals surface area contributed by atoms with Gasteiger partial charge in [0.25, 0.3) is 0 Å². The average Bonchev–Trinajstić information content (AvgIpc) is 3.46. The fourth-order valence-corrected chi connectivity index (χ4v) is 4.79. The van der Waals surface area contributed by atoms with E-state index in [4.69, 9.17) is 9.72 Å². The monoisotopic (exact) mass is 442 g/mol. The zero-order valence-electron chi connectivity index (χ0n) is 18.1. The quantitative estimate of drug-likeness (QED) is 0.570. The number of rotatable bonds is 4. The van der Waals surface area contributed by atoms with Crippen LogP contribution in [0.5, 0.6) is 0 Å². The number of nitrogens with zero attached hydrogens (tertiary/aromatic N) is 3. The molecule has 2 aliphatic rings. The SMILES string of the molecule is C1CCNC1.COC1CCN(c2nc3cc(Nc4cc(C)cc(=O)[nH]4)ncc3s2)CC1. The third kappa shape index (κ3) is 5.81. The topological polar surface area (TPSA) is 95.2 Å². The predicted molar refractivity (Wildman–Crippen MR) is 127 cm³/mol. The second kappa shape index (κ2) is 10.2. The van der Waals surface area contributed by atoms with Gasteiger partial charge >= 0.3 is 0 Å². The Morgan fingerprint density at radius 1 is 1.19 bits per heavy atom. The number of thiazole rings is 1. The van der Waals surface area contributed by atoms with Crippen LogP contribution in [0.15, 0.2) is 29.2 Å². The standard InChI is InChI=1S/C18H21N5O2S.C4H9N/c1-11-7-16(22-17(24)8-11)21-15-9-13-14(10-19-15)26-18(20-13)23-5-3-12(25-2)4-6-23;1-2-4-5-3-1/h7-10,12H,3-6H2,1-2H3,(H2,19,21,22,24);5H,1-4H2. The van der Waals surface area contributed by atoms with Crippen molar-refractivity contribution in [3.05, 3.63) is 40.3 Å². The van der Waals surface area contributed by atoms with Gasteiger partial charge in [-0.05, 0) is 57.3 Å². The number of nitrogens with one attached hydrogen (secondary N) is 3. The molecule has 2 fully saturated rings. The van der Waals surface area contributed by atoms with Gasteiger partial charge < -0.3 is 25.3 Å². The highest BCUT2D eigenvalue weighted by molar-refractivity contribution is 7.22. The van der Waals surface area contributed by atoms with Crippen molar-refractivity contribution in [3.8, 4) is 0 Å². The summed E-state index contributed by atoms with van der Waals surface area (Å²) < 4.78 is 6.49. The molecular formula is C22H30N6O2S. The number of hydrogen-bond acceptors (Lipinski definition) is 8. The summed E-state index contributed by atoms with van der Waals surface area (Å²) in [5.41, 5.74) is 1.67. The number of fused-ring (bicyclic) bond motifs is 1. The Morgan fingerprint density at radius 2 is 1.97 bits per heavy atom. The molecule has 0 saturated carbocycles. The van der Waals surface area contributed by atoms with E-state index in [0.29, 0.717) is 17.7 Å². The van der Waals surface area contributed by atoms with Crippen LogP contribution in [0.2, 0.25) is 0 Å². The van der Waals surface area contributed by atoms with E-state index in [1.54, 1.807) is 24.5 Å². The molecule has 0 amide bonds. The lowest BCUT2D eigenvalue weighted by Crippen LogP contribution is -2.36. The number of aryl methyl sites for hydroxylation is 1. The highest BCUT2D eigenvalue weighted by Crippen LogP contribution is 2.31. The number of methoxy groups -OCH3 is 1. The first-order chi connectivity index (χ1) is 15.1. The molecule has 0 radical (unpaired) electrons. The third-order valence-corrected chi connectivity index (χ3v) is 6.58. The van der Waals surface area contributed by atoms with Crippen molar-refractivity contribution in [2.24, 2.45) is 0 Å². The molecule has 0 spiro atoms. The van der Waals surface area contributed by atoms with Crippen LogP contribution in [0.1, 0.15) is 31.2 Å². The highest BCUT2D eigenvalue weighted by Gasteiger charge is 2.21. The maximum absolute atomic E-state index is 11.6. The van der Waals surface area contributed by atoms with Crippen LogP contribution in [-0.4, -0.2) is 54.3 Å². The van der Waals surface area contributed by atoms with Gasteiger partial charge in [0.05, 0.1) is 16.3 Å². The highest BCUT2D eigenvalue weighted by atomic mass is 32.1. The number of H-pyrrole nitrogens is 1. The van der Waals surface area contributed by atoms with Gasteiger partial charge in [0, 0.05) is 38.5 Å². The molecule has 0 unspecified atom stereocenters. The minimum absolute atomic E-state index is 0.135. The normalized spacial score (nSPS) is 16.9. The van der Waals surface area contributed by atoms with Gasteiger partial charge in [0.1, 0.15) is 11.6 Å². The summed E-state index contributed by atoms with van der Waals surface area (Å²) in [5.74, 6) is 1.28. The van der Waals surface area contributed by atoms with E-state index in [0.717, 1.165) is 46.8 Å². The first-order valence-corrected chi connectivity index (χ1v) is 11.7. The lowest BCUT2D eigenvalue weighted by molar-refractivity contribution is 0.0819. The van der Waals surface area contributed by atoms with E-state index in [1.165, 1.54) is 25.9 Å². The molecule has 5 heterocycles. The van der Waals surface area contributed by atoms with Crippen molar-refractivity contribution >= 4 is 38.3 Å². The minimum atomic E-state index is -0.135. The Labute approximate surface area is 186 Å². The summed E-state index contributed by atoms with van der Waals surface area (Å²) in [4.78, 5) is 25.9. The molecule has 9 heteroatoms. The number of hydrogen-bond donors (Lipinski definition) is 3. The summed E-state index contributed by atoms with van der Waals surface area (Å²) in [5, 5.41) is 7.40. The van der Waals surface area contributed by atoms with Gasteiger partial charge in [-0.1, -0.05) is 11.3 Å². The minimum Gasteiger partial charge on any atom is -0.381 e. The molecule has 2 aliphatic heterocycles. The van der Waals surface area contributed by atoms with Crippen LogP contribution >= 0.6 is 11.3 Å². The van der Waals surface area contributed by atoms with Gasteiger partial charge in [0.15, 0.2) is 5.13 Å². The molecule has 0 atom stereocenters. The Morgan fingerprint density at radius 3 is 2.61 bits per heavy atom. The van der Waals surface area contributed by atoms with Crippen LogP contribution in [0.3, 0.4) is 0 Å². The van der Waals surface area contributed by atoms with E-state index in [-0.39, 0.29) is 5.56 Å². The molecule has 2 saturated heterocycles. The van der Waals surface area contributed by atoms with E-state index in [1.807, 2.05) is 25.3 Å². The van der Waals surface area contributed by atoms with Crippen molar-refractivity contribution in [3.63, 3.8) is 0 Å². The molecule has 5 rings (SSSR count). The van der Waals surface area contributed by atoms with Gasteiger partial charge in [-0.3, -0.25) is 4.79 Å². The molecular weight excluding hydrogens is 412 g/mol. The summed E-state index contributed by atoms with van der Waals surface area (Å²) in [6.07, 6.45) is 7.01. The largest absolute Gasteiger partial charge is 0.381 e. The smallest absolute Gasteiger partial charge is 0.249 e. The van der Waals surface area contributed by atoms with E-state index >= 15 is 0 Å². The molecule has 8 nitrogen and oxygen atoms in total. The fraction of sp³-hybridized carbons (Fsp3) is 0.500. The zero-order chi connectivity index (χ0) is 21.6. The molecule has 3 aromatic rings. The predicted octanol–water partition coefficient (Wildman–Crippen LogP) is 3.42. The summed E-state index contributed by atoms with van der Waals surface area (Å²) >= 11 is 1.66. The van der Waals surface area contributed by atoms with Crippen molar-refractivity contribution in [1.82, 2.24) is 20.3 Å². The summed E-state index contributed by atoms with van der Waals surface area (Å²) in [6.45, 7) is 6.30. The second-order valence-electron chi connectivity index (χ2n) is 7.97. The number of piperidine rings is 1. The van der Waals surface area contributed by atoms with Gasteiger partial charge in [-0.2, -0.15) is 0 Å². The van der Waals surface area contributed by atoms with Crippen LogP contribution < -0.4 is 21.1 Å². The van der Waals surface area contributed by atoms with Crippen molar-refractivity contribution in [1.29, 1.82) is 0 Å². The lowest BCUT2D eigenvalue weighted by atomic mass is 10.1. The molecule has 0 bridgehead atoms. The maximum atomic E-state index is 11.6. The molecule has 166 valence electrons. The molecule has 0 aromatic carbocycles. The van der Waals surface area contributed by atoms with E-state index in [2.05, 4.69) is 25.5 Å². The Balaban J connectivity index is 0.000000407. The van der Waals surface area contributed by atoms with Crippen LogP contribution in [0, 0.1) is 6.92 Å². The summed E-state index contributed by atoms with van der Waals surface area (Å²) in [7, 11) is 1.78. The fourth-order valence-electron chi connectivity index (χ4n) is 3.82. The molecule has 31 heavy (non-hydrogen) atoms. The number of anilines is 3.